The number of aromatic carboxylic acids is 1. The van der Waals surface area contributed by atoms with Gasteiger partial charge in [0.05, 0.1) is 22.1 Å². The van der Waals surface area contributed by atoms with Crippen molar-refractivity contribution >= 4 is 28.2 Å². The van der Waals surface area contributed by atoms with Crippen LogP contribution in [0.4, 0.5) is 5.00 Å². The van der Waals surface area contributed by atoms with E-state index in [2.05, 4.69) is 5.32 Å². The Hall–Kier alpha value is -1.40. The van der Waals surface area contributed by atoms with Crippen LogP contribution in [0.1, 0.15) is 23.2 Å². The lowest BCUT2D eigenvalue weighted by Gasteiger charge is -2.29. The Morgan fingerprint density at radius 3 is 2.71 bits per heavy atom. The lowest BCUT2D eigenvalue weighted by Crippen LogP contribution is -2.39. The molecule has 0 unspecified atom stereocenters. The average Bonchev–Trinajstić information content (AvgIpc) is 2.67. The molecule has 3 N–H and O–H groups in total. The molecule has 1 aromatic heterocycles. The van der Waals surface area contributed by atoms with E-state index in [9.17, 15) is 14.7 Å². The molecule has 0 bridgehead atoms. The van der Waals surface area contributed by atoms with Gasteiger partial charge >= 0.3 is 5.97 Å². The zero-order chi connectivity index (χ0) is 12.2. The fourth-order valence-electron chi connectivity index (χ4n) is 2.53. The number of aliphatic hydroxyl groups excluding tert-OH is 1. The molecule has 0 spiro atoms. The molecule has 17 heavy (non-hydrogen) atoms. The lowest BCUT2D eigenvalue weighted by molar-refractivity contribution is -0.127. The average molecular weight is 253 g/mol. The number of carbonyl (C=O) groups is 2. The molecule has 0 radical (unpaired) electrons. The van der Waals surface area contributed by atoms with Crippen molar-refractivity contribution in [2.75, 3.05) is 5.32 Å². The summed E-state index contributed by atoms with van der Waals surface area (Å²) in [5.41, 5.74) is -0.184. The predicted molar refractivity (Wildman–Crippen MR) is 61.1 cm³/mol. The van der Waals surface area contributed by atoms with Crippen LogP contribution in [-0.2, 0) is 4.79 Å². The van der Waals surface area contributed by atoms with E-state index in [0.717, 1.165) is 6.42 Å². The molecule has 2 fully saturated rings. The molecule has 0 aromatic carbocycles. The molecule has 90 valence electrons. The summed E-state index contributed by atoms with van der Waals surface area (Å²) in [6.45, 7) is 0. The number of carboxylic acids is 1. The Labute approximate surface area is 101 Å². The molecule has 2 aliphatic rings. The molecule has 5 nitrogen and oxygen atoms in total. The summed E-state index contributed by atoms with van der Waals surface area (Å²) in [6.07, 6.45) is 0.941. The number of amides is 1. The monoisotopic (exact) mass is 253 g/mol. The summed E-state index contributed by atoms with van der Waals surface area (Å²) in [5.74, 6) is -0.976. The third-order valence-corrected chi connectivity index (χ3v) is 4.55. The van der Waals surface area contributed by atoms with Gasteiger partial charge in [0.15, 0.2) is 0 Å². The van der Waals surface area contributed by atoms with E-state index >= 15 is 0 Å². The highest BCUT2D eigenvalue weighted by Gasteiger charge is 2.71. The molecule has 1 aromatic rings. The van der Waals surface area contributed by atoms with Crippen LogP contribution in [0.2, 0.25) is 0 Å². The highest BCUT2D eigenvalue weighted by atomic mass is 32.1. The zero-order valence-corrected chi connectivity index (χ0v) is 9.66. The third kappa shape index (κ3) is 1.48. The number of hydrogen-bond acceptors (Lipinski definition) is 4. The Morgan fingerprint density at radius 1 is 1.47 bits per heavy atom. The van der Waals surface area contributed by atoms with E-state index in [1.165, 1.54) is 22.8 Å². The van der Waals surface area contributed by atoms with Crippen LogP contribution in [0.3, 0.4) is 0 Å². The normalized spacial score (nSPS) is 33.5. The van der Waals surface area contributed by atoms with Crippen molar-refractivity contribution in [1.29, 1.82) is 0 Å². The van der Waals surface area contributed by atoms with Crippen molar-refractivity contribution in [2.24, 2.45) is 11.3 Å². The summed E-state index contributed by atoms with van der Waals surface area (Å²) in [6, 6.07) is 1.45. The van der Waals surface area contributed by atoms with Gasteiger partial charge in [-0.3, -0.25) is 4.79 Å². The van der Waals surface area contributed by atoms with Gasteiger partial charge in [-0.1, -0.05) is 0 Å². The van der Waals surface area contributed by atoms with Gasteiger partial charge in [-0.2, -0.15) is 0 Å². The van der Waals surface area contributed by atoms with Gasteiger partial charge in [0.25, 0.3) is 0 Å². The fourth-order valence-corrected chi connectivity index (χ4v) is 3.30. The van der Waals surface area contributed by atoms with Gasteiger partial charge < -0.3 is 15.5 Å². The smallest absolute Gasteiger partial charge is 0.336 e. The summed E-state index contributed by atoms with van der Waals surface area (Å²) < 4.78 is 0. The minimum absolute atomic E-state index is 0.0911. The number of rotatable bonds is 3. The van der Waals surface area contributed by atoms with Gasteiger partial charge in [0.2, 0.25) is 5.91 Å². The maximum Gasteiger partial charge on any atom is 0.336 e. The molecule has 1 amide bonds. The van der Waals surface area contributed by atoms with Gasteiger partial charge in [0.1, 0.15) is 0 Å². The number of nitrogens with one attached hydrogen (secondary N) is 1. The van der Waals surface area contributed by atoms with E-state index in [-0.39, 0.29) is 28.9 Å². The van der Waals surface area contributed by atoms with Crippen LogP contribution in [0.15, 0.2) is 11.4 Å². The Kier molecular flexibility index (Phi) is 2.08. The molecule has 6 heteroatoms. The van der Waals surface area contributed by atoms with Gasteiger partial charge in [-0.15, -0.1) is 11.3 Å². The quantitative estimate of drug-likeness (QED) is 0.754. The van der Waals surface area contributed by atoms with Crippen molar-refractivity contribution in [2.45, 2.75) is 18.9 Å². The summed E-state index contributed by atoms with van der Waals surface area (Å²) in [5, 5.41) is 22.9. The van der Waals surface area contributed by atoms with Gasteiger partial charge in [0, 0.05) is 11.3 Å². The first-order valence-corrected chi connectivity index (χ1v) is 6.22. The summed E-state index contributed by atoms with van der Waals surface area (Å²) in [7, 11) is 0. The van der Waals surface area contributed by atoms with Crippen LogP contribution in [0.25, 0.3) is 0 Å². The van der Waals surface area contributed by atoms with Crippen molar-refractivity contribution in [3.05, 3.63) is 17.0 Å². The molecule has 2 aliphatic carbocycles. The molecular formula is C11H11NO4S. The maximum absolute atomic E-state index is 11.9. The number of fused-ring (bicyclic) bond motifs is 1. The molecule has 0 saturated heterocycles. The second-order valence-corrected chi connectivity index (χ2v) is 5.61. The largest absolute Gasteiger partial charge is 0.478 e. The molecule has 1 heterocycles. The van der Waals surface area contributed by atoms with E-state index in [1.54, 1.807) is 0 Å². The predicted octanol–water partition coefficient (Wildman–Crippen LogP) is 1.16. The first-order chi connectivity index (χ1) is 8.03. The first kappa shape index (κ1) is 10.7. The number of carboxylic acid groups (broad SMARTS) is 1. The lowest BCUT2D eigenvalue weighted by atomic mass is 9.81. The van der Waals surface area contributed by atoms with Crippen LogP contribution in [0, 0.1) is 11.3 Å². The van der Waals surface area contributed by atoms with Crippen LogP contribution >= 0.6 is 11.3 Å². The number of hydrogen-bond donors (Lipinski definition) is 3. The number of aliphatic hydroxyl groups is 1. The minimum atomic E-state index is -0.997. The summed E-state index contributed by atoms with van der Waals surface area (Å²) in [4.78, 5) is 22.6. The third-order valence-electron chi connectivity index (χ3n) is 3.71. The highest BCUT2D eigenvalue weighted by molar-refractivity contribution is 7.14. The van der Waals surface area contributed by atoms with E-state index in [4.69, 9.17) is 5.11 Å². The molecule has 3 atom stereocenters. The fraction of sp³-hybridized carbons (Fsp3) is 0.455. The second-order valence-electron chi connectivity index (χ2n) is 4.70. The van der Waals surface area contributed by atoms with Crippen molar-refractivity contribution in [3.63, 3.8) is 0 Å². The number of carbonyl (C=O) groups excluding carboxylic acids is 1. The van der Waals surface area contributed by atoms with Crippen LogP contribution < -0.4 is 5.32 Å². The van der Waals surface area contributed by atoms with Crippen LogP contribution in [-0.4, -0.2) is 28.2 Å². The summed E-state index contributed by atoms with van der Waals surface area (Å²) >= 11 is 1.20. The number of anilines is 1. The van der Waals surface area contributed by atoms with E-state index < -0.39 is 5.97 Å². The Bertz CT molecular complexity index is 511. The van der Waals surface area contributed by atoms with Crippen molar-refractivity contribution < 1.29 is 19.8 Å². The second kappa shape index (κ2) is 3.30. The Morgan fingerprint density at radius 2 is 2.24 bits per heavy atom. The van der Waals surface area contributed by atoms with Gasteiger partial charge in [-0.05, 0) is 18.9 Å². The minimum Gasteiger partial charge on any atom is -0.478 e. The maximum atomic E-state index is 11.9. The Balaban J connectivity index is 1.67. The standard InChI is InChI=1S/C11H11NO4S/c13-7-3-11(2-6(7)11)10(16)12-8-1-5(4-17-8)9(14)15/h1,4,6-7,13H,2-3H2,(H,12,16)(H,14,15)/t6-,7-,11-/m1/s1. The SMILES string of the molecule is O=C(O)c1csc(NC(=O)[C@]23C[C@@H](O)[C@H]2C3)c1. The highest BCUT2D eigenvalue weighted by Crippen LogP contribution is 2.67. The van der Waals surface area contributed by atoms with E-state index in [0.29, 0.717) is 11.4 Å². The zero-order valence-electron chi connectivity index (χ0n) is 8.84. The van der Waals surface area contributed by atoms with Crippen LogP contribution in [0.5, 0.6) is 0 Å². The van der Waals surface area contributed by atoms with Crippen molar-refractivity contribution in [3.8, 4) is 0 Å². The molecule has 2 saturated carbocycles. The van der Waals surface area contributed by atoms with Gasteiger partial charge in [-0.25, -0.2) is 4.79 Å². The molecule has 3 rings (SSSR count). The molecular weight excluding hydrogens is 242 g/mol. The van der Waals surface area contributed by atoms with E-state index in [1.807, 2.05) is 0 Å². The van der Waals surface area contributed by atoms with Crippen molar-refractivity contribution in [1.82, 2.24) is 0 Å². The first-order valence-electron chi connectivity index (χ1n) is 5.34. The molecule has 0 aliphatic heterocycles. The topological polar surface area (TPSA) is 86.6 Å². The number of thiophene rings is 1.